The molecular weight excluding hydrogens is 348 g/mol. The summed E-state index contributed by atoms with van der Waals surface area (Å²) in [6.07, 6.45) is 7.17. The number of hydrogen-bond donors (Lipinski definition) is 0. The molecule has 0 heterocycles. The minimum absolute atomic E-state index is 0.195. The lowest BCUT2D eigenvalue weighted by atomic mass is 9.59. The van der Waals surface area contributed by atoms with E-state index in [1.165, 1.54) is 22.3 Å². The Labute approximate surface area is 180 Å². The molecule has 3 aliphatic rings. The highest BCUT2D eigenvalue weighted by molar-refractivity contribution is 5.59. The van der Waals surface area contributed by atoms with Crippen LogP contribution in [-0.4, -0.2) is 0 Å². The molecule has 0 spiro atoms. The van der Waals surface area contributed by atoms with Crippen LogP contribution >= 0.6 is 0 Å². The normalized spacial score (nSPS) is 31.9. The monoisotopic (exact) mass is 390 g/mol. The van der Waals surface area contributed by atoms with Crippen LogP contribution in [0.15, 0.2) is 68.4 Å². The molecule has 0 radical (unpaired) electrons. The van der Waals surface area contributed by atoms with Gasteiger partial charge in [0.15, 0.2) is 0 Å². The first-order valence-corrected chi connectivity index (χ1v) is 11.4. The zero-order chi connectivity index (χ0) is 22.0. The second kappa shape index (κ2) is 7.00. The quantitative estimate of drug-likeness (QED) is 0.442. The molecule has 0 nitrogen and oxygen atoms in total. The molecule has 0 heteroatoms. The molecule has 3 atom stereocenters. The van der Waals surface area contributed by atoms with Crippen LogP contribution in [0.3, 0.4) is 0 Å². The van der Waals surface area contributed by atoms with Gasteiger partial charge in [-0.1, -0.05) is 76.5 Å². The van der Waals surface area contributed by atoms with E-state index in [0.29, 0.717) is 17.8 Å². The summed E-state index contributed by atoms with van der Waals surface area (Å²) in [5.41, 5.74) is 14.3. The largest absolute Gasteiger partial charge is 0.0729 e. The molecule has 3 unspecified atom stereocenters. The van der Waals surface area contributed by atoms with Crippen LogP contribution in [0.5, 0.6) is 0 Å². The molecule has 29 heavy (non-hydrogen) atoms. The molecule has 0 saturated heterocycles. The lowest BCUT2D eigenvalue weighted by Gasteiger charge is -2.46. The third-order valence-electron chi connectivity index (χ3n) is 9.65. The fraction of sp³-hybridized carbons (Fsp3) is 0.586. The summed E-state index contributed by atoms with van der Waals surface area (Å²) in [6, 6.07) is 0. The van der Waals surface area contributed by atoms with Crippen LogP contribution in [-0.2, 0) is 0 Å². The predicted molar refractivity (Wildman–Crippen MR) is 129 cm³/mol. The first-order valence-electron chi connectivity index (χ1n) is 11.4. The Bertz CT molecular complexity index is 931. The molecule has 0 aromatic carbocycles. The second-order valence-electron chi connectivity index (χ2n) is 11.0. The highest BCUT2D eigenvalue weighted by Crippen LogP contribution is 2.55. The summed E-state index contributed by atoms with van der Waals surface area (Å²) >= 11 is 0. The van der Waals surface area contributed by atoms with E-state index in [9.17, 15) is 0 Å². The zero-order valence-corrected chi connectivity index (χ0v) is 21.0. The molecule has 0 aromatic heterocycles. The molecule has 0 aromatic rings. The average molecular weight is 391 g/mol. The molecule has 0 bridgehead atoms. The Morgan fingerprint density at radius 1 is 0.655 bits per heavy atom. The van der Waals surface area contributed by atoms with E-state index in [-0.39, 0.29) is 10.8 Å². The van der Waals surface area contributed by atoms with Gasteiger partial charge in [-0.15, -0.1) is 0 Å². The van der Waals surface area contributed by atoms with Crippen molar-refractivity contribution in [3.8, 4) is 0 Å². The van der Waals surface area contributed by atoms with Crippen molar-refractivity contribution >= 4 is 0 Å². The summed E-state index contributed by atoms with van der Waals surface area (Å²) in [4.78, 5) is 0. The van der Waals surface area contributed by atoms with Crippen molar-refractivity contribution in [1.82, 2.24) is 0 Å². The molecule has 0 fully saturated rings. The van der Waals surface area contributed by atoms with E-state index in [4.69, 9.17) is 0 Å². The molecule has 0 N–H and O–H groups in total. The van der Waals surface area contributed by atoms with Gasteiger partial charge in [-0.05, 0) is 97.6 Å². The third kappa shape index (κ3) is 3.01. The van der Waals surface area contributed by atoms with Crippen molar-refractivity contribution in [2.45, 2.75) is 83.1 Å². The van der Waals surface area contributed by atoms with Crippen LogP contribution in [0.25, 0.3) is 0 Å². The lowest BCUT2D eigenvalue weighted by Crippen LogP contribution is -2.34. The maximum absolute atomic E-state index is 2.45. The Balaban J connectivity index is 2.18. The molecule has 0 saturated carbocycles. The van der Waals surface area contributed by atoms with Gasteiger partial charge in [0, 0.05) is 5.92 Å². The first-order chi connectivity index (χ1) is 13.3. The fourth-order valence-electron chi connectivity index (χ4n) is 5.97. The topological polar surface area (TPSA) is 0 Å². The average Bonchev–Trinajstić information content (AvgIpc) is 3.12. The smallest absolute Gasteiger partial charge is 0.0243 e. The van der Waals surface area contributed by atoms with Gasteiger partial charge in [0.2, 0.25) is 0 Å². The summed E-state index contributed by atoms with van der Waals surface area (Å²) in [5.74, 6) is 1.46. The fourth-order valence-corrected chi connectivity index (χ4v) is 5.97. The zero-order valence-electron chi connectivity index (χ0n) is 21.0. The predicted octanol–water partition coefficient (Wildman–Crippen LogP) is 8.76. The van der Waals surface area contributed by atoms with Crippen molar-refractivity contribution in [3.63, 3.8) is 0 Å². The Morgan fingerprint density at radius 2 is 1.14 bits per heavy atom. The Hall–Kier alpha value is -1.56. The Morgan fingerprint density at radius 3 is 1.69 bits per heavy atom. The highest BCUT2D eigenvalue weighted by atomic mass is 14.5. The van der Waals surface area contributed by atoms with Crippen molar-refractivity contribution in [2.75, 3.05) is 0 Å². The lowest BCUT2D eigenvalue weighted by molar-refractivity contribution is 0.300. The molecule has 0 amide bonds. The van der Waals surface area contributed by atoms with Gasteiger partial charge in [-0.2, -0.15) is 0 Å². The first kappa shape index (κ1) is 22.1. The maximum Gasteiger partial charge on any atom is 0.0243 e. The SMILES string of the molecule is CC1=C(C2=CC=CC2C2=C(C)C(C)=C(C)C(C)(C)C2C)C(C)C(C)(C)C(C)=C1C. The van der Waals surface area contributed by atoms with Gasteiger partial charge < -0.3 is 0 Å². The van der Waals surface area contributed by atoms with Crippen LogP contribution in [0.4, 0.5) is 0 Å². The summed E-state index contributed by atoms with van der Waals surface area (Å²) in [5, 5.41) is 0. The van der Waals surface area contributed by atoms with Crippen molar-refractivity contribution < 1.29 is 0 Å². The number of rotatable bonds is 2. The summed E-state index contributed by atoms with van der Waals surface area (Å²) in [7, 11) is 0. The molecule has 158 valence electrons. The minimum atomic E-state index is 0.195. The van der Waals surface area contributed by atoms with E-state index in [0.717, 1.165) is 0 Å². The van der Waals surface area contributed by atoms with Crippen LogP contribution in [0.2, 0.25) is 0 Å². The van der Waals surface area contributed by atoms with Crippen LogP contribution < -0.4 is 0 Å². The van der Waals surface area contributed by atoms with Gasteiger partial charge in [-0.3, -0.25) is 0 Å². The van der Waals surface area contributed by atoms with E-state index in [1.54, 1.807) is 27.9 Å². The maximum atomic E-state index is 2.45. The van der Waals surface area contributed by atoms with Crippen molar-refractivity contribution in [1.29, 1.82) is 0 Å². The number of allylic oxidation sites excluding steroid dienone is 12. The van der Waals surface area contributed by atoms with Gasteiger partial charge >= 0.3 is 0 Å². The molecule has 3 aliphatic carbocycles. The van der Waals surface area contributed by atoms with E-state index < -0.39 is 0 Å². The number of hydrogen-bond acceptors (Lipinski definition) is 0. The van der Waals surface area contributed by atoms with Crippen molar-refractivity contribution in [2.24, 2.45) is 28.6 Å². The van der Waals surface area contributed by atoms with Gasteiger partial charge in [0.05, 0.1) is 0 Å². The Kier molecular flexibility index (Phi) is 5.34. The van der Waals surface area contributed by atoms with Gasteiger partial charge in [0.25, 0.3) is 0 Å². The minimum Gasteiger partial charge on any atom is -0.0729 e. The summed E-state index contributed by atoms with van der Waals surface area (Å²) < 4.78 is 0. The second-order valence-corrected chi connectivity index (χ2v) is 11.0. The molecule has 0 aliphatic heterocycles. The third-order valence-corrected chi connectivity index (χ3v) is 9.65. The molecule has 3 rings (SSSR count). The van der Waals surface area contributed by atoms with E-state index >= 15 is 0 Å². The van der Waals surface area contributed by atoms with E-state index in [2.05, 4.69) is 101 Å². The highest BCUT2D eigenvalue weighted by Gasteiger charge is 2.43. The van der Waals surface area contributed by atoms with Crippen LogP contribution in [0.1, 0.15) is 83.1 Å². The molecular formula is C29H42. The van der Waals surface area contributed by atoms with E-state index in [1.807, 2.05) is 0 Å². The summed E-state index contributed by atoms with van der Waals surface area (Å²) in [6.45, 7) is 28.6. The van der Waals surface area contributed by atoms with Gasteiger partial charge in [0.1, 0.15) is 0 Å². The van der Waals surface area contributed by atoms with Crippen molar-refractivity contribution in [3.05, 3.63) is 68.4 Å². The van der Waals surface area contributed by atoms with Gasteiger partial charge in [-0.25, -0.2) is 0 Å². The standard InChI is InChI=1S/C29H42/c1-16-18(3)26(22(7)28(9,10)20(16)5)24-14-13-15-25(24)27-19(4)17(2)21(6)29(11,12)23(27)8/h13-15,22-24H,1-12H3. The van der Waals surface area contributed by atoms with Crippen LogP contribution in [0, 0.1) is 28.6 Å².